The van der Waals surface area contributed by atoms with Crippen LogP contribution >= 0.6 is 11.6 Å². The third-order valence-electron chi connectivity index (χ3n) is 3.04. The van der Waals surface area contributed by atoms with Gasteiger partial charge in [0.15, 0.2) is 0 Å². The highest BCUT2D eigenvalue weighted by molar-refractivity contribution is 6.30. The fraction of sp³-hybridized carbons (Fsp3) is 0.250. The predicted octanol–water partition coefficient (Wildman–Crippen LogP) is 5.48. The smallest absolute Gasteiger partial charge is 0.0565 e. The number of H-pyrrole nitrogens is 1. The molecule has 0 radical (unpaired) electrons. The maximum absolute atomic E-state index is 5.74. The van der Waals surface area contributed by atoms with Crippen LogP contribution in [0.1, 0.15) is 26.3 Å². The minimum absolute atomic E-state index is 0.541. The summed E-state index contributed by atoms with van der Waals surface area (Å²) in [6.07, 6.45) is 10.5. The highest BCUT2D eigenvalue weighted by atomic mass is 35.5. The van der Waals surface area contributed by atoms with Crippen molar-refractivity contribution in [2.75, 3.05) is 7.05 Å². The van der Waals surface area contributed by atoms with Crippen molar-refractivity contribution in [2.24, 2.45) is 5.73 Å². The fourth-order valence-corrected chi connectivity index (χ4v) is 1.98. The average molecular weight is 346 g/mol. The van der Waals surface area contributed by atoms with Gasteiger partial charge in [-0.15, -0.1) is 0 Å². The van der Waals surface area contributed by atoms with E-state index in [1.165, 1.54) is 18.2 Å². The second kappa shape index (κ2) is 13.3. The molecule has 24 heavy (non-hydrogen) atoms. The Hall–Kier alpha value is -2.10. The monoisotopic (exact) mass is 345 g/mol. The van der Waals surface area contributed by atoms with Crippen molar-refractivity contribution < 1.29 is 0 Å². The van der Waals surface area contributed by atoms with Crippen molar-refractivity contribution in [1.29, 1.82) is 0 Å². The Morgan fingerprint density at radius 2 is 1.79 bits per heavy atom. The van der Waals surface area contributed by atoms with Gasteiger partial charge in [0.1, 0.15) is 0 Å². The van der Waals surface area contributed by atoms with Gasteiger partial charge >= 0.3 is 0 Å². The molecule has 1 aromatic heterocycles. The summed E-state index contributed by atoms with van der Waals surface area (Å²) < 4.78 is 0. The number of benzene rings is 1. The van der Waals surface area contributed by atoms with Gasteiger partial charge in [-0.3, -0.25) is 5.10 Å². The summed E-state index contributed by atoms with van der Waals surface area (Å²) in [4.78, 5) is 0. The lowest BCUT2D eigenvalue weighted by Gasteiger charge is -2.04. The van der Waals surface area contributed by atoms with Gasteiger partial charge < -0.3 is 5.73 Å². The number of hydrogen-bond donors (Lipinski definition) is 2. The van der Waals surface area contributed by atoms with Crippen molar-refractivity contribution in [3.05, 3.63) is 77.6 Å². The number of nitrogens with one attached hydrogen (secondary N) is 1. The normalized spacial score (nSPS) is 10.5. The fourth-order valence-electron chi connectivity index (χ4n) is 1.91. The number of aromatic amines is 1. The van der Waals surface area contributed by atoms with Gasteiger partial charge in [-0.05, 0) is 43.2 Å². The Morgan fingerprint density at radius 1 is 1.17 bits per heavy atom. The standard InChI is InChI=1S/C17H17ClN2.C2H6.CH5N/c1-3-14(5-4-13(2)18)10-15-6-8-16(9-7-15)17-11-19-20-12-17;2*1-2/h3-9,11-12H,2,10H2,1H3,(H,19,20);1-2H3;2H2,1H3/b5-4-,14-3+;;. The summed E-state index contributed by atoms with van der Waals surface area (Å²) in [5.74, 6) is 0. The van der Waals surface area contributed by atoms with E-state index in [0.717, 1.165) is 17.5 Å². The van der Waals surface area contributed by atoms with Gasteiger partial charge in [-0.1, -0.05) is 68.4 Å². The lowest BCUT2D eigenvalue weighted by Crippen LogP contribution is -1.88. The van der Waals surface area contributed by atoms with E-state index in [-0.39, 0.29) is 0 Å². The van der Waals surface area contributed by atoms with Crippen LogP contribution in [-0.2, 0) is 6.42 Å². The molecule has 1 heterocycles. The highest BCUT2D eigenvalue weighted by Gasteiger charge is 2.00. The minimum atomic E-state index is 0.541. The van der Waals surface area contributed by atoms with Crippen LogP contribution in [0.15, 0.2) is 72.1 Å². The molecule has 0 saturated carbocycles. The van der Waals surface area contributed by atoms with Crippen molar-refractivity contribution >= 4 is 11.6 Å². The maximum atomic E-state index is 5.74. The van der Waals surface area contributed by atoms with Gasteiger partial charge in [-0.25, -0.2) is 0 Å². The van der Waals surface area contributed by atoms with Gasteiger partial charge in [0.05, 0.1) is 6.20 Å². The highest BCUT2D eigenvalue weighted by Crippen LogP contribution is 2.19. The van der Waals surface area contributed by atoms with Crippen LogP contribution in [0, 0.1) is 0 Å². The zero-order valence-corrected chi connectivity index (χ0v) is 15.8. The summed E-state index contributed by atoms with van der Waals surface area (Å²) >= 11 is 5.74. The van der Waals surface area contributed by atoms with Crippen molar-refractivity contribution in [2.45, 2.75) is 27.2 Å². The van der Waals surface area contributed by atoms with Crippen LogP contribution in [0.25, 0.3) is 11.1 Å². The van der Waals surface area contributed by atoms with E-state index in [4.69, 9.17) is 11.6 Å². The number of nitrogens with two attached hydrogens (primary N) is 1. The van der Waals surface area contributed by atoms with E-state index >= 15 is 0 Å². The predicted molar refractivity (Wildman–Crippen MR) is 107 cm³/mol. The largest absolute Gasteiger partial charge is 0.333 e. The maximum Gasteiger partial charge on any atom is 0.0565 e. The van der Waals surface area contributed by atoms with Crippen LogP contribution in [0.3, 0.4) is 0 Å². The minimum Gasteiger partial charge on any atom is -0.333 e. The van der Waals surface area contributed by atoms with Gasteiger partial charge in [0.2, 0.25) is 0 Å². The molecule has 1 aromatic carbocycles. The molecule has 0 aliphatic carbocycles. The molecule has 4 heteroatoms. The Labute approximate surface area is 150 Å². The summed E-state index contributed by atoms with van der Waals surface area (Å²) in [6, 6.07) is 8.49. The quantitative estimate of drug-likeness (QED) is 0.705. The SMILES string of the molecule is C=C(Cl)/C=C\C(=C/C)Cc1ccc(-c2cn[nH]c2)cc1.CC.CN. The zero-order valence-electron chi connectivity index (χ0n) is 15.0. The molecule has 3 N–H and O–H groups in total. The van der Waals surface area contributed by atoms with Crippen LogP contribution < -0.4 is 5.73 Å². The summed E-state index contributed by atoms with van der Waals surface area (Å²) in [5, 5.41) is 7.32. The number of nitrogens with zero attached hydrogens (tertiary/aromatic N) is 1. The molecule has 0 saturated heterocycles. The van der Waals surface area contributed by atoms with E-state index in [1.54, 1.807) is 0 Å². The molecule has 0 amide bonds. The molecule has 0 atom stereocenters. The Balaban J connectivity index is 0.00000123. The van der Waals surface area contributed by atoms with E-state index in [2.05, 4.69) is 52.9 Å². The topological polar surface area (TPSA) is 54.7 Å². The molecule has 0 unspecified atom stereocenters. The lowest BCUT2D eigenvalue weighted by molar-refractivity contribution is 1.09. The number of allylic oxidation sites excluding steroid dienone is 5. The number of aromatic nitrogens is 2. The molecule has 3 nitrogen and oxygen atoms in total. The van der Waals surface area contributed by atoms with Crippen LogP contribution in [0.5, 0.6) is 0 Å². The van der Waals surface area contributed by atoms with Crippen LogP contribution in [0.4, 0.5) is 0 Å². The average Bonchev–Trinajstić information content (AvgIpc) is 3.17. The van der Waals surface area contributed by atoms with E-state index in [1.807, 2.05) is 45.3 Å². The van der Waals surface area contributed by atoms with Crippen LogP contribution in [-0.4, -0.2) is 17.2 Å². The number of hydrogen-bond acceptors (Lipinski definition) is 2. The molecule has 2 aromatic rings. The summed E-state index contributed by atoms with van der Waals surface area (Å²) in [5.41, 5.74) is 9.23. The van der Waals surface area contributed by atoms with E-state index < -0.39 is 0 Å². The molecule has 130 valence electrons. The molecule has 0 aliphatic rings. The Bertz CT molecular complexity index is 623. The first-order valence-corrected chi connectivity index (χ1v) is 8.40. The van der Waals surface area contributed by atoms with Crippen molar-refractivity contribution in [3.8, 4) is 11.1 Å². The third kappa shape index (κ3) is 7.95. The second-order valence-corrected chi connectivity index (χ2v) is 4.99. The van der Waals surface area contributed by atoms with Gasteiger partial charge in [0.25, 0.3) is 0 Å². The van der Waals surface area contributed by atoms with Crippen molar-refractivity contribution in [3.63, 3.8) is 0 Å². The first-order valence-electron chi connectivity index (χ1n) is 8.02. The number of halogens is 1. The third-order valence-corrected chi connectivity index (χ3v) is 3.17. The molecule has 0 aliphatic heterocycles. The molecular weight excluding hydrogens is 318 g/mol. The van der Waals surface area contributed by atoms with E-state index in [0.29, 0.717) is 5.03 Å². The second-order valence-electron chi connectivity index (χ2n) is 4.50. The Kier molecular flexibility index (Phi) is 12.2. The lowest BCUT2D eigenvalue weighted by atomic mass is 10.0. The van der Waals surface area contributed by atoms with E-state index in [9.17, 15) is 0 Å². The molecular formula is C20H28ClN3. The molecule has 0 spiro atoms. The van der Waals surface area contributed by atoms with Crippen molar-refractivity contribution in [1.82, 2.24) is 10.2 Å². The Morgan fingerprint density at radius 3 is 2.25 bits per heavy atom. The first-order chi connectivity index (χ1) is 11.7. The number of rotatable bonds is 5. The van der Waals surface area contributed by atoms with Gasteiger partial charge in [-0.2, -0.15) is 5.10 Å². The summed E-state index contributed by atoms with van der Waals surface area (Å²) in [7, 11) is 1.50. The molecule has 2 rings (SSSR count). The van der Waals surface area contributed by atoms with Crippen LogP contribution in [0.2, 0.25) is 0 Å². The summed E-state index contributed by atoms with van der Waals surface area (Å²) in [6.45, 7) is 9.68. The molecule has 0 bridgehead atoms. The zero-order chi connectivity index (χ0) is 18.4. The molecule has 0 fully saturated rings. The first kappa shape index (κ1) is 21.9. The van der Waals surface area contributed by atoms with Gasteiger partial charge in [0, 0.05) is 16.8 Å².